The summed E-state index contributed by atoms with van der Waals surface area (Å²) in [5, 5.41) is 5.95. The normalized spacial score (nSPS) is 10.3. The number of carbonyl (C=O) groups excluding carboxylic acids is 1. The van der Waals surface area contributed by atoms with Gasteiger partial charge in [-0.05, 0) is 6.42 Å². The fourth-order valence-electron chi connectivity index (χ4n) is 1.30. The van der Waals surface area contributed by atoms with Gasteiger partial charge in [0.2, 0.25) is 5.91 Å². The lowest BCUT2D eigenvalue weighted by molar-refractivity contribution is -0.120. The SMILES string of the molecule is CCCCNC(=O)CNCCn1ccnc1. The third kappa shape index (κ3) is 5.50. The minimum Gasteiger partial charge on any atom is -0.355 e. The highest BCUT2D eigenvalue weighted by molar-refractivity contribution is 5.77. The predicted octanol–water partition coefficient (Wildman–Crippen LogP) is 0.389. The van der Waals surface area contributed by atoms with Gasteiger partial charge in [-0.1, -0.05) is 13.3 Å². The van der Waals surface area contributed by atoms with Gasteiger partial charge < -0.3 is 15.2 Å². The Hall–Kier alpha value is -1.36. The molecule has 0 saturated carbocycles. The van der Waals surface area contributed by atoms with Crippen molar-refractivity contribution >= 4 is 5.91 Å². The molecule has 0 atom stereocenters. The smallest absolute Gasteiger partial charge is 0.233 e. The number of nitrogens with zero attached hydrogens (tertiary/aromatic N) is 2. The Morgan fingerprint density at radius 1 is 1.44 bits per heavy atom. The largest absolute Gasteiger partial charge is 0.355 e. The zero-order valence-corrected chi connectivity index (χ0v) is 9.78. The van der Waals surface area contributed by atoms with E-state index in [9.17, 15) is 4.79 Å². The van der Waals surface area contributed by atoms with Crippen molar-refractivity contribution in [1.29, 1.82) is 0 Å². The van der Waals surface area contributed by atoms with E-state index in [0.29, 0.717) is 6.54 Å². The molecule has 0 aliphatic rings. The van der Waals surface area contributed by atoms with Gasteiger partial charge in [-0.25, -0.2) is 4.98 Å². The Balaban J connectivity index is 1.96. The first-order valence-electron chi connectivity index (χ1n) is 5.76. The molecule has 0 spiro atoms. The molecule has 1 aromatic heterocycles. The van der Waals surface area contributed by atoms with E-state index in [4.69, 9.17) is 0 Å². The Morgan fingerprint density at radius 2 is 2.31 bits per heavy atom. The van der Waals surface area contributed by atoms with Crippen LogP contribution in [0.1, 0.15) is 19.8 Å². The van der Waals surface area contributed by atoms with Crippen molar-refractivity contribution in [3.8, 4) is 0 Å². The van der Waals surface area contributed by atoms with Crippen LogP contribution in [-0.2, 0) is 11.3 Å². The van der Waals surface area contributed by atoms with Crippen LogP contribution in [0, 0.1) is 0 Å². The molecule has 1 rings (SSSR count). The van der Waals surface area contributed by atoms with Crippen molar-refractivity contribution in [2.45, 2.75) is 26.3 Å². The van der Waals surface area contributed by atoms with Crippen LogP contribution in [0.2, 0.25) is 0 Å². The predicted molar refractivity (Wildman–Crippen MR) is 63.0 cm³/mol. The van der Waals surface area contributed by atoms with Gasteiger partial charge in [-0.2, -0.15) is 0 Å². The number of rotatable bonds is 8. The van der Waals surface area contributed by atoms with E-state index in [2.05, 4.69) is 22.5 Å². The number of amides is 1. The first-order chi connectivity index (χ1) is 7.83. The number of hydrogen-bond acceptors (Lipinski definition) is 3. The van der Waals surface area contributed by atoms with Crippen molar-refractivity contribution in [3.63, 3.8) is 0 Å². The summed E-state index contributed by atoms with van der Waals surface area (Å²) < 4.78 is 1.97. The summed E-state index contributed by atoms with van der Waals surface area (Å²) in [6.45, 7) is 4.88. The molecule has 2 N–H and O–H groups in total. The van der Waals surface area contributed by atoms with Crippen molar-refractivity contribution in [2.24, 2.45) is 0 Å². The molecule has 0 unspecified atom stereocenters. The first-order valence-corrected chi connectivity index (χ1v) is 5.76. The monoisotopic (exact) mass is 224 g/mol. The molecule has 0 fully saturated rings. The van der Waals surface area contributed by atoms with Gasteiger partial charge in [0.1, 0.15) is 0 Å². The highest BCUT2D eigenvalue weighted by Gasteiger charge is 1.98. The first kappa shape index (κ1) is 12.7. The van der Waals surface area contributed by atoms with E-state index >= 15 is 0 Å². The zero-order chi connectivity index (χ0) is 11.6. The number of aromatic nitrogens is 2. The van der Waals surface area contributed by atoms with Crippen molar-refractivity contribution in [1.82, 2.24) is 20.2 Å². The standard InChI is InChI=1S/C11H20N4O/c1-2-3-4-14-11(16)9-12-5-7-15-8-6-13-10-15/h6,8,10,12H,2-5,7,9H2,1H3,(H,14,16). The molecule has 1 heterocycles. The van der Waals surface area contributed by atoms with Crippen molar-refractivity contribution in [3.05, 3.63) is 18.7 Å². The van der Waals surface area contributed by atoms with E-state index in [-0.39, 0.29) is 5.91 Å². The molecule has 16 heavy (non-hydrogen) atoms. The maximum Gasteiger partial charge on any atom is 0.233 e. The zero-order valence-electron chi connectivity index (χ0n) is 9.78. The van der Waals surface area contributed by atoms with Gasteiger partial charge in [0, 0.05) is 32.0 Å². The Labute approximate surface area is 96.3 Å². The summed E-state index contributed by atoms with van der Waals surface area (Å²) in [6.07, 6.45) is 7.57. The minimum atomic E-state index is 0.0686. The average molecular weight is 224 g/mol. The van der Waals surface area contributed by atoms with Gasteiger partial charge in [0.05, 0.1) is 12.9 Å². The molecule has 1 aromatic rings. The molecular formula is C11H20N4O. The van der Waals surface area contributed by atoms with E-state index < -0.39 is 0 Å². The van der Waals surface area contributed by atoms with Crippen LogP contribution < -0.4 is 10.6 Å². The van der Waals surface area contributed by atoms with Gasteiger partial charge in [0.25, 0.3) is 0 Å². The molecule has 0 radical (unpaired) electrons. The van der Waals surface area contributed by atoms with Crippen LogP contribution in [0.15, 0.2) is 18.7 Å². The molecule has 0 saturated heterocycles. The molecule has 0 bridgehead atoms. The summed E-state index contributed by atoms with van der Waals surface area (Å²) in [7, 11) is 0. The molecule has 90 valence electrons. The molecular weight excluding hydrogens is 204 g/mol. The van der Waals surface area contributed by atoms with Gasteiger partial charge in [0.15, 0.2) is 0 Å². The number of carbonyl (C=O) groups is 1. The minimum absolute atomic E-state index is 0.0686. The molecule has 0 aliphatic heterocycles. The van der Waals surface area contributed by atoms with Gasteiger partial charge in [-0.15, -0.1) is 0 Å². The maximum absolute atomic E-state index is 11.3. The summed E-state index contributed by atoms with van der Waals surface area (Å²) in [5.74, 6) is 0.0686. The molecule has 0 aliphatic carbocycles. The number of hydrogen-bond donors (Lipinski definition) is 2. The third-order valence-corrected chi connectivity index (χ3v) is 2.24. The lowest BCUT2D eigenvalue weighted by Gasteiger charge is -2.06. The lowest BCUT2D eigenvalue weighted by Crippen LogP contribution is -2.35. The summed E-state index contributed by atoms with van der Waals surface area (Å²) >= 11 is 0. The van der Waals surface area contributed by atoms with Gasteiger partial charge >= 0.3 is 0 Å². The van der Waals surface area contributed by atoms with Crippen LogP contribution in [-0.4, -0.2) is 35.1 Å². The fraction of sp³-hybridized carbons (Fsp3) is 0.636. The third-order valence-electron chi connectivity index (χ3n) is 2.24. The highest BCUT2D eigenvalue weighted by atomic mass is 16.1. The summed E-state index contributed by atoms with van der Waals surface area (Å²) in [4.78, 5) is 15.2. The van der Waals surface area contributed by atoms with Crippen LogP contribution in [0.4, 0.5) is 0 Å². The number of nitrogens with one attached hydrogen (secondary N) is 2. The molecule has 0 aromatic carbocycles. The molecule has 1 amide bonds. The Kier molecular flexibility index (Phi) is 6.25. The number of unbranched alkanes of at least 4 members (excludes halogenated alkanes) is 1. The van der Waals surface area contributed by atoms with E-state index in [0.717, 1.165) is 32.5 Å². The summed E-state index contributed by atoms with van der Waals surface area (Å²) in [5.41, 5.74) is 0. The van der Waals surface area contributed by atoms with E-state index in [1.165, 1.54) is 0 Å². The second kappa shape index (κ2) is 7.87. The van der Waals surface area contributed by atoms with Crippen LogP contribution in [0.25, 0.3) is 0 Å². The molecule has 5 heteroatoms. The second-order valence-corrected chi connectivity index (χ2v) is 3.68. The Morgan fingerprint density at radius 3 is 3.00 bits per heavy atom. The maximum atomic E-state index is 11.3. The van der Waals surface area contributed by atoms with Crippen LogP contribution in [0.5, 0.6) is 0 Å². The van der Waals surface area contributed by atoms with Crippen molar-refractivity contribution in [2.75, 3.05) is 19.6 Å². The quantitative estimate of drug-likeness (QED) is 0.628. The average Bonchev–Trinajstić information content (AvgIpc) is 2.78. The van der Waals surface area contributed by atoms with E-state index in [1.54, 1.807) is 12.5 Å². The number of imidazole rings is 1. The van der Waals surface area contributed by atoms with Crippen LogP contribution in [0.3, 0.4) is 0 Å². The van der Waals surface area contributed by atoms with Crippen molar-refractivity contribution < 1.29 is 4.79 Å². The second-order valence-electron chi connectivity index (χ2n) is 3.68. The summed E-state index contributed by atoms with van der Waals surface area (Å²) in [6, 6.07) is 0. The van der Waals surface area contributed by atoms with Gasteiger partial charge in [-0.3, -0.25) is 4.79 Å². The molecule has 5 nitrogen and oxygen atoms in total. The lowest BCUT2D eigenvalue weighted by atomic mass is 10.3. The Bertz CT molecular complexity index is 284. The highest BCUT2D eigenvalue weighted by Crippen LogP contribution is 1.84. The van der Waals surface area contributed by atoms with E-state index in [1.807, 2.05) is 10.8 Å². The van der Waals surface area contributed by atoms with Crippen LogP contribution >= 0.6 is 0 Å². The fourth-order valence-corrected chi connectivity index (χ4v) is 1.30. The topological polar surface area (TPSA) is 59.0 Å².